The normalized spacial score (nSPS) is 8.17. The highest BCUT2D eigenvalue weighted by Gasteiger charge is 1.98. The molecule has 1 aromatic rings. The Hall–Kier alpha value is -1.76. The van der Waals surface area contributed by atoms with E-state index in [0.29, 0.717) is 0 Å². The highest BCUT2D eigenvalue weighted by molar-refractivity contribution is 5.53. The summed E-state index contributed by atoms with van der Waals surface area (Å²) in [5, 5.41) is 0. The minimum Gasteiger partial charge on any atom is -0.377 e. The topological polar surface area (TPSA) is 3.24 Å². The molecule has 0 saturated heterocycles. The summed E-state index contributed by atoms with van der Waals surface area (Å²) in [4.78, 5) is 2.14. The number of aryl methyl sites for hydroxylation is 2. The fourth-order valence-electron chi connectivity index (χ4n) is 1.92. The van der Waals surface area contributed by atoms with Gasteiger partial charge in [0.15, 0.2) is 0 Å². The Kier molecular flexibility index (Phi) is 115. The van der Waals surface area contributed by atoms with Crippen LogP contribution in [0.5, 0.6) is 0 Å². The SMILES string of the molecule is C=C.C=C.CC.CC.CC.CC.CC.CC.CC/C(C)=C\[C@H](C)CC.Cc1ccc(C)c(N(C)C)c1. The van der Waals surface area contributed by atoms with Crippen molar-refractivity contribution in [2.45, 2.75) is 137 Å². The fourth-order valence-corrected chi connectivity index (χ4v) is 1.92. The smallest absolute Gasteiger partial charge is 0.0393 e. The highest BCUT2D eigenvalue weighted by Crippen LogP contribution is 2.18. The molecule has 1 atom stereocenters. The van der Waals surface area contributed by atoms with Gasteiger partial charge in [-0.05, 0) is 50.3 Å². The van der Waals surface area contributed by atoms with Gasteiger partial charge in [-0.15, -0.1) is 26.3 Å². The van der Waals surface area contributed by atoms with Crippen molar-refractivity contribution in [1.29, 1.82) is 0 Å². The Morgan fingerprint density at radius 1 is 0.750 bits per heavy atom. The van der Waals surface area contributed by atoms with E-state index in [0.717, 1.165) is 5.92 Å². The molecule has 0 aromatic heterocycles. The largest absolute Gasteiger partial charge is 0.377 e. The quantitative estimate of drug-likeness (QED) is 0.363. The Labute approximate surface area is 235 Å². The first-order chi connectivity index (χ1) is 17.3. The van der Waals surface area contributed by atoms with Crippen LogP contribution < -0.4 is 4.90 Å². The first-order valence-corrected chi connectivity index (χ1v) is 14.7. The van der Waals surface area contributed by atoms with Gasteiger partial charge in [-0.2, -0.15) is 0 Å². The Morgan fingerprint density at radius 3 is 1.31 bits per heavy atom. The van der Waals surface area contributed by atoms with Gasteiger partial charge in [-0.1, -0.05) is 134 Å². The molecule has 0 amide bonds. The fraction of sp³-hybridized carbons (Fsp3) is 0.657. The number of hydrogen-bond donors (Lipinski definition) is 0. The van der Waals surface area contributed by atoms with Crippen molar-refractivity contribution >= 4 is 5.69 Å². The second-order valence-electron chi connectivity index (χ2n) is 5.94. The molecule has 1 rings (SSSR count). The first-order valence-electron chi connectivity index (χ1n) is 14.7. The molecule has 1 heteroatoms. The Balaban J connectivity index is -0.0000000375. The number of nitrogens with zero attached hydrogens (tertiary/aromatic N) is 1. The van der Waals surface area contributed by atoms with Crippen molar-refractivity contribution < 1.29 is 0 Å². The van der Waals surface area contributed by atoms with Crippen molar-refractivity contribution in [3.8, 4) is 0 Å². The number of allylic oxidation sites excluding steroid dienone is 2. The number of benzene rings is 1. The van der Waals surface area contributed by atoms with E-state index in [9.17, 15) is 0 Å². The van der Waals surface area contributed by atoms with E-state index in [4.69, 9.17) is 0 Å². The van der Waals surface area contributed by atoms with E-state index < -0.39 is 0 Å². The molecule has 0 aliphatic rings. The summed E-state index contributed by atoms with van der Waals surface area (Å²) in [6.07, 6.45) is 4.82. The maximum atomic E-state index is 3.00. The van der Waals surface area contributed by atoms with Crippen molar-refractivity contribution in [1.82, 2.24) is 0 Å². The lowest BCUT2D eigenvalue weighted by Crippen LogP contribution is -2.10. The van der Waals surface area contributed by atoms with Crippen LogP contribution in [0.1, 0.15) is 135 Å². The molecule has 0 unspecified atom stereocenters. The number of rotatable bonds is 4. The zero-order valence-corrected chi connectivity index (χ0v) is 29.6. The summed E-state index contributed by atoms with van der Waals surface area (Å²) >= 11 is 0. The van der Waals surface area contributed by atoms with E-state index in [1.54, 1.807) is 0 Å². The van der Waals surface area contributed by atoms with Gasteiger partial charge in [0.1, 0.15) is 0 Å². The summed E-state index contributed by atoms with van der Waals surface area (Å²) in [6.45, 7) is 49.1. The summed E-state index contributed by atoms with van der Waals surface area (Å²) in [5.74, 6) is 0.768. The van der Waals surface area contributed by atoms with Crippen molar-refractivity contribution in [3.05, 3.63) is 67.3 Å². The van der Waals surface area contributed by atoms with Crippen LogP contribution in [0.3, 0.4) is 0 Å². The first kappa shape index (κ1) is 59.4. The molecule has 0 spiro atoms. The van der Waals surface area contributed by atoms with Gasteiger partial charge in [0.25, 0.3) is 0 Å². The third kappa shape index (κ3) is 58.3. The zero-order valence-electron chi connectivity index (χ0n) is 29.6. The number of anilines is 1. The molecule has 0 aliphatic carbocycles. The lowest BCUT2D eigenvalue weighted by atomic mass is 10.0. The maximum absolute atomic E-state index is 3.00. The van der Waals surface area contributed by atoms with E-state index in [1.807, 2.05) is 83.1 Å². The second-order valence-corrected chi connectivity index (χ2v) is 5.94. The molecule has 0 aliphatic heterocycles. The third-order valence-corrected chi connectivity index (χ3v) is 3.62. The monoisotopic (exact) mass is 512 g/mol. The molecule has 222 valence electrons. The van der Waals surface area contributed by atoms with E-state index in [-0.39, 0.29) is 0 Å². The third-order valence-electron chi connectivity index (χ3n) is 3.62. The van der Waals surface area contributed by atoms with Gasteiger partial charge in [0.2, 0.25) is 0 Å². The lowest BCUT2D eigenvalue weighted by molar-refractivity contribution is 0.689. The summed E-state index contributed by atoms with van der Waals surface area (Å²) < 4.78 is 0. The predicted octanol–water partition coefficient (Wildman–Crippen LogP) is 13.5. The molecule has 0 bridgehead atoms. The molecule has 1 nitrogen and oxygen atoms in total. The molecule has 0 heterocycles. The predicted molar refractivity (Wildman–Crippen MR) is 184 cm³/mol. The summed E-state index contributed by atoms with van der Waals surface area (Å²) in [5.41, 5.74) is 5.48. The molecule has 0 N–H and O–H groups in total. The van der Waals surface area contributed by atoms with Crippen LogP contribution in [0.15, 0.2) is 56.2 Å². The Bertz CT molecular complexity index is 442. The lowest BCUT2D eigenvalue weighted by Gasteiger charge is -2.15. The minimum absolute atomic E-state index is 0.768. The molecular weight excluding hydrogens is 434 g/mol. The van der Waals surface area contributed by atoms with E-state index >= 15 is 0 Å². The molecule has 1 aromatic carbocycles. The average molecular weight is 512 g/mol. The van der Waals surface area contributed by atoms with Gasteiger partial charge >= 0.3 is 0 Å². The highest BCUT2D eigenvalue weighted by atomic mass is 15.1. The van der Waals surface area contributed by atoms with E-state index in [1.165, 1.54) is 35.2 Å². The Morgan fingerprint density at radius 2 is 1.08 bits per heavy atom. The molecule has 0 saturated carbocycles. The van der Waals surface area contributed by atoms with Crippen LogP contribution >= 0.6 is 0 Å². The zero-order chi connectivity index (χ0) is 31.7. The van der Waals surface area contributed by atoms with Crippen LogP contribution in [-0.4, -0.2) is 14.1 Å². The molecular formula is C35H77N. The van der Waals surface area contributed by atoms with Crippen molar-refractivity contribution in [2.24, 2.45) is 5.92 Å². The van der Waals surface area contributed by atoms with Crippen LogP contribution in [0, 0.1) is 19.8 Å². The summed E-state index contributed by atoms with van der Waals surface area (Å²) in [7, 11) is 4.14. The van der Waals surface area contributed by atoms with Crippen LogP contribution in [-0.2, 0) is 0 Å². The maximum Gasteiger partial charge on any atom is 0.0393 e. The molecule has 0 fully saturated rings. The van der Waals surface area contributed by atoms with Gasteiger partial charge in [-0.3, -0.25) is 0 Å². The van der Waals surface area contributed by atoms with E-state index in [2.05, 4.69) is 111 Å². The van der Waals surface area contributed by atoms with Gasteiger partial charge in [0.05, 0.1) is 0 Å². The van der Waals surface area contributed by atoms with Crippen molar-refractivity contribution in [3.63, 3.8) is 0 Å². The minimum atomic E-state index is 0.768. The molecule has 36 heavy (non-hydrogen) atoms. The number of hydrogen-bond acceptors (Lipinski definition) is 1. The average Bonchev–Trinajstić information content (AvgIpc) is 2.98. The van der Waals surface area contributed by atoms with Crippen LogP contribution in [0.4, 0.5) is 5.69 Å². The standard InChI is InChI=1S/C10H15N.C9H18.6C2H6.2C2H4/c1-8-5-6-9(2)10(7-8)11(3)4;1-5-8(3)7-9(4)6-2;8*1-2/h5-7H,1-4H3;7-8H,5-6H2,1-4H3;6*1-2H3;2*1-2H2/b;9-7-;;;;;;;;/t;8-;;;;;;;;/m.1......../s1. The molecule has 0 radical (unpaired) electrons. The van der Waals surface area contributed by atoms with Gasteiger partial charge < -0.3 is 4.90 Å². The summed E-state index contributed by atoms with van der Waals surface area (Å²) in [6, 6.07) is 6.50. The van der Waals surface area contributed by atoms with Gasteiger partial charge in [-0.25, -0.2) is 0 Å². The van der Waals surface area contributed by atoms with Crippen LogP contribution in [0.25, 0.3) is 0 Å². The van der Waals surface area contributed by atoms with Crippen molar-refractivity contribution in [2.75, 3.05) is 19.0 Å². The van der Waals surface area contributed by atoms with Crippen LogP contribution in [0.2, 0.25) is 0 Å². The van der Waals surface area contributed by atoms with Gasteiger partial charge in [0, 0.05) is 19.8 Å². The second kappa shape index (κ2) is 69.9.